The molecule has 0 bridgehead atoms. The minimum Gasteiger partial charge on any atom is -0.464 e. The highest BCUT2D eigenvalue weighted by Gasteiger charge is 2.11. The Morgan fingerprint density at radius 3 is 2.65 bits per heavy atom. The predicted molar refractivity (Wildman–Crippen MR) is 81.9 cm³/mol. The number of rotatable bonds is 5. The lowest BCUT2D eigenvalue weighted by atomic mass is 10.0. The summed E-state index contributed by atoms with van der Waals surface area (Å²) in [6.45, 7) is 9.19. The molecule has 1 aromatic heterocycles. The quantitative estimate of drug-likeness (QED) is 0.901. The van der Waals surface area contributed by atoms with Crippen LogP contribution in [0, 0.1) is 19.8 Å². The van der Waals surface area contributed by atoms with Crippen LogP contribution in [0.15, 0.2) is 22.8 Å². The smallest absolute Gasteiger partial charge is 0.224 e. The predicted octanol–water partition coefficient (Wildman–Crippen LogP) is 3.75. The highest BCUT2D eigenvalue weighted by Crippen LogP contribution is 2.25. The summed E-state index contributed by atoms with van der Waals surface area (Å²) in [6.07, 6.45) is 3.09. The van der Waals surface area contributed by atoms with Crippen LogP contribution in [0.3, 0.4) is 0 Å². The summed E-state index contributed by atoms with van der Waals surface area (Å²) < 4.78 is 5.55. The van der Waals surface area contributed by atoms with Crippen molar-refractivity contribution in [2.45, 2.75) is 40.5 Å². The molecule has 2 aromatic rings. The van der Waals surface area contributed by atoms with Gasteiger partial charge in [-0.25, -0.2) is 0 Å². The molecule has 20 heavy (non-hydrogen) atoms. The van der Waals surface area contributed by atoms with Crippen molar-refractivity contribution in [2.75, 3.05) is 6.54 Å². The van der Waals surface area contributed by atoms with Crippen LogP contribution in [0.1, 0.15) is 37.0 Å². The lowest BCUT2D eigenvalue weighted by Gasteiger charge is -2.06. The van der Waals surface area contributed by atoms with E-state index in [-0.39, 0.29) is 5.91 Å². The topological polar surface area (TPSA) is 42.2 Å². The van der Waals surface area contributed by atoms with Crippen LogP contribution in [0.25, 0.3) is 11.0 Å². The van der Waals surface area contributed by atoms with Gasteiger partial charge in [0, 0.05) is 17.5 Å². The largest absolute Gasteiger partial charge is 0.464 e. The molecule has 1 heterocycles. The molecule has 0 fully saturated rings. The van der Waals surface area contributed by atoms with E-state index < -0.39 is 0 Å². The lowest BCUT2D eigenvalue weighted by Crippen LogP contribution is -2.26. The number of aryl methyl sites for hydroxylation is 2. The third kappa shape index (κ3) is 3.41. The molecule has 0 radical (unpaired) electrons. The second kappa shape index (κ2) is 6.12. The summed E-state index contributed by atoms with van der Waals surface area (Å²) in [6, 6.07) is 4.13. The van der Waals surface area contributed by atoms with Crippen molar-refractivity contribution in [3.63, 3.8) is 0 Å². The fourth-order valence-corrected chi connectivity index (χ4v) is 2.21. The van der Waals surface area contributed by atoms with E-state index in [9.17, 15) is 4.79 Å². The number of furan rings is 1. The molecule has 0 aliphatic rings. The van der Waals surface area contributed by atoms with Gasteiger partial charge in [-0.3, -0.25) is 4.79 Å². The summed E-state index contributed by atoms with van der Waals surface area (Å²) in [7, 11) is 0. The van der Waals surface area contributed by atoms with Gasteiger partial charge in [0.05, 0.1) is 12.7 Å². The molecule has 1 amide bonds. The van der Waals surface area contributed by atoms with E-state index in [0.29, 0.717) is 12.3 Å². The number of fused-ring (bicyclic) bond motifs is 1. The minimum atomic E-state index is 0.0616. The number of amides is 1. The SMILES string of the molecule is Cc1cc2occ(CC(=O)NCCC(C)C)c2cc1C. The number of carbonyl (C=O) groups is 1. The second-order valence-corrected chi connectivity index (χ2v) is 5.90. The lowest BCUT2D eigenvalue weighted by molar-refractivity contribution is -0.120. The standard InChI is InChI=1S/C17H23NO2/c1-11(2)5-6-18-17(19)9-14-10-20-16-8-13(4)12(3)7-15(14)16/h7-8,10-11H,5-6,9H2,1-4H3,(H,18,19). The fourth-order valence-electron chi connectivity index (χ4n) is 2.21. The van der Waals surface area contributed by atoms with Crippen LogP contribution in [-0.4, -0.2) is 12.5 Å². The van der Waals surface area contributed by atoms with Gasteiger partial charge in [0.1, 0.15) is 5.58 Å². The van der Waals surface area contributed by atoms with Crippen molar-refractivity contribution in [3.05, 3.63) is 35.1 Å². The van der Waals surface area contributed by atoms with Gasteiger partial charge in [-0.05, 0) is 49.4 Å². The Balaban J connectivity index is 2.06. The van der Waals surface area contributed by atoms with Crippen molar-refractivity contribution in [1.29, 1.82) is 0 Å². The number of hydrogen-bond acceptors (Lipinski definition) is 2. The van der Waals surface area contributed by atoms with Gasteiger partial charge in [-0.15, -0.1) is 0 Å². The second-order valence-electron chi connectivity index (χ2n) is 5.90. The Kier molecular flexibility index (Phi) is 4.48. The van der Waals surface area contributed by atoms with E-state index in [4.69, 9.17) is 4.42 Å². The first-order chi connectivity index (χ1) is 9.47. The van der Waals surface area contributed by atoms with Crippen molar-refractivity contribution in [3.8, 4) is 0 Å². The van der Waals surface area contributed by atoms with Crippen LogP contribution < -0.4 is 5.32 Å². The summed E-state index contributed by atoms with van der Waals surface area (Å²) >= 11 is 0. The van der Waals surface area contributed by atoms with Crippen LogP contribution in [-0.2, 0) is 11.2 Å². The third-order valence-electron chi connectivity index (χ3n) is 3.66. The van der Waals surface area contributed by atoms with Crippen LogP contribution in [0.4, 0.5) is 0 Å². The van der Waals surface area contributed by atoms with E-state index >= 15 is 0 Å². The molecule has 1 N–H and O–H groups in total. The van der Waals surface area contributed by atoms with Crippen LogP contribution in [0.5, 0.6) is 0 Å². The molecule has 0 saturated carbocycles. The third-order valence-corrected chi connectivity index (χ3v) is 3.66. The van der Waals surface area contributed by atoms with Gasteiger partial charge in [-0.2, -0.15) is 0 Å². The summed E-state index contributed by atoms with van der Waals surface area (Å²) in [5, 5.41) is 4.01. The first-order valence-electron chi connectivity index (χ1n) is 7.21. The molecule has 0 aliphatic carbocycles. The molecule has 0 saturated heterocycles. The summed E-state index contributed by atoms with van der Waals surface area (Å²) in [5.41, 5.74) is 4.25. The molecule has 0 aliphatic heterocycles. The van der Waals surface area contributed by atoms with Gasteiger partial charge >= 0.3 is 0 Å². The molecular formula is C17H23NO2. The van der Waals surface area contributed by atoms with E-state index in [1.165, 1.54) is 11.1 Å². The molecular weight excluding hydrogens is 250 g/mol. The fraction of sp³-hybridized carbons (Fsp3) is 0.471. The highest BCUT2D eigenvalue weighted by atomic mass is 16.3. The molecule has 1 aromatic carbocycles. The zero-order valence-electron chi connectivity index (χ0n) is 12.7. The highest BCUT2D eigenvalue weighted by molar-refractivity contribution is 5.88. The van der Waals surface area contributed by atoms with Gasteiger partial charge in [0.2, 0.25) is 5.91 Å². The van der Waals surface area contributed by atoms with E-state index in [1.54, 1.807) is 6.26 Å². The first kappa shape index (κ1) is 14.6. The van der Waals surface area contributed by atoms with Gasteiger partial charge in [0.15, 0.2) is 0 Å². The van der Waals surface area contributed by atoms with Crippen molar-refractivity contribution in [2.24, 2.45) is 5.92 Å². The van der Waals surface area contributed by atoms with Gasteiger partial charge < -0.3 is 9.73 Å². The maximum Gasteiger partial charge on any atom is 0.224 e. The van der Waals surface area contributed by atoms with Crippen LogP contribution in [0.2, 0.25) is 0 Å². The van der Waals surface area contributed by atoms with E-state index in [0.717, 1.165) is 29.5 Å². The maximum atomic E-state index is 11.9. The first-order valence-corrected chi connectivity index (χ1v) is 7.21. The Morgan fingerprint density at radius 2 is 1.95 bits per heavy atom. The monoisotopic (exact) mass is 273 g/mol. The summed E-state index contributed by atoms with van der Waals surface area (Å²) in [5.74, 6) is 0.669. The molecule has 3 nitrogen and oxygen atoms in total. The number of nitrogens with one attached hydrogen (secondary N) is 1. The summed E-state index contributed by atoms with van der Waals surface area (Å²) in [4.78, 5) is 11.9. The Bertz CT molecular complexity index is 611. The molecule has 0 atom stereocenters. The van der Waals surface area contributed by atoms with Gasteiger partial charge in [0.25, 0.3) is 0 Å². The number of carbonyl (C=O) groups excluding carboxylic acids is 1. The van der Waals surface area contributed by atoms with E-state index in [2.05, 4.69) is 39.1 Å². The zero-order chi connectivity index (χ0) is 14.7. The van der Waals surface area contributed by atoms with Crippen molar-refractivity contribution in [1.82, 2.24) is 5.32 Å². The molecule has 2 rings (SSSR count). The number of hydrogen-bond donors (Lipinski definition) is 1. The Morgan fingerprint density at radius 1 is 1.25 bits per heavy atom. The zero-order valence-corrected chi connectivity index (χ0v) is 12.7. The molecule has 0 unspecified atom stereocenters. The Hall–Kier alpha value is -1.77. The molecule has 108 valence electrons. The normalized spacial score (nSPS) is 11.2. The molecule has 3 heteroatoms. The average molecular weight is 273 g/mol. The van der Waals surface area contributed by atoms with Gasteiger partial charge in [-0.1, -0.05) is 13.8 Å². The minimum absolute atomic E-state index is 0.0616. The number of benzene rings is 1. The van der Waals surface area contributed by atoms with Crippen molar-refractivity contribution >= 4 is 16.9 Å². The van der Waals surface area contributed by atoms with Crippen LogP contribution >= 0.6 is 0 Å². The maximum absolute atomic E-state index is 11.9. The Labute approximate surface area is 120 Å². The molecule has 0 spiro atoms. The van der Waals surface area contributed by atoms with Crippen molar-refractivity contribution < 1.29 is 9.21 Å². The van der Waals surface area contributed by atoms with E-state index in [1.807, 2.05) is 6.07 Å². The average Bonchev–Trinajstić information content (AvgIpc) is 2.72.